The van der Waals surface area contributed by atoms with Crippen LogP contribution in [0.3, 0.4) is 0 Å². The predicted molar refractivity (Wildman–Crippen MR) is 129 cm³/mol. The van der Waals surface area contributed by atoms with E-state index >= 15 is 0 Å². The zero-order valence-corrected chi connectivity index (χ0v) is 18.9. The van der Waals surface area contributed by atoms with Gasteiger partial charge >= 0.3 is 5.95 Å². The van der Waals surface area contributed by atoms with Gasteiger partial charge < -0.3 is 4.90 Å². The molecule has 162 valence electrons. The quantitative estimate of drug-likeness (QED) is 0.269. The smallest absolute Gasteiger partial charge is 0.372 e. The highest BCUT2D eigenvalue weighted by Crippen LogP contribution is 2.23. The van der Waals surface area contributed by atoms with Crippen LogP contribution < -0.4 is 9.47 Å². The fourth-order valence-electron chi connectivity index (χ4n) is 3.80. The van der Waals surface area contributed by atoms with Gasteiger partial charge in [0.2, 0.25) is 5.82 Å². The molecule has 0 atom stereocenters. The molecule has 0 unspecified atom stereocenters. The lowest BCUT2D eigenvalue weighted by molar-refractivity contribution is -0.648. The van der Waals surface area contributed by atoms with Crippen LogP contribution in [0.25, 0.3) is 11.4 Å². The summed E-state index contributed by atoms with van der Waals surface area (Å²) >= 11 is 0. The first kappa shape index (κ1) is 21.4. The van der Waals surface area contributed by atoms with Crippen molar-refractivity contribution in [3.63, 3.8) is 0 Å². The normalized spacial score (nSPS) is 11.2. The number of hydrogen-bond donors (Lipinski definition) is 0. The maximum atomic E-state index is 4.78. The van der Waals surface area contributed by atoms with Crippen molar-refractivity contribution < 1.29 is 4.57 Å². The fourth-order valence-corrected chi connectivity index (χ4v) is 3.80. The van der Waals surface area contributed by atoms with E-state index in [0.717, 1.165) is 30.2 Å². The predicted octanol–water partition coefficient (Wildman–Crippen LogP) is 5.68. The number of azo groups is 1. The summed E-state index contributed by atoms with van der Waals surface area (Å²) in [7, 11) is 1.98. The maximum Gasteiger partial charge on any atom is 0.435 e. The minimum Gasteiger partial charge on any atom is -0.372 e. The first-order valence-electron chi connectivity index (χ1n) is 11.0. The summed E-state index contributed by atoms with van der Waals surface area (Å²) in [6.07, 6.45) is 0. The van der Waals surface area contributed by atoms with Gasteiger partial charge in [-0.3, -0.25) is 0 Å². The van der Waals surface area contributed by atoms with E-state index in [4.69, 9.17) is 5.10 Å². The number of hydrogen-bond acceptors (Lipinski definition) is 4. The third kappa shape index (κ3) is 4.75. The zero-order valence-electron chi connectivity index (χ0n) is 18.9. The summed E-state index contributed by atoms with van der Waals surface area (Å²) in [5.74, 6) is 1.55. The molecule has 0 N–H and O–H groups in total. The van der Waals surface area contributed by atoms with Gasteiger partial charge in [0.25, 0.3) is 0 Å². The molecule has 6 heteroatoms. The van der Waals surface area contributed by atoms with Crippen LogP contribution in [-0.4, -0.2) is 22.9 Å². The number of benzene rings is 3. The van der Waals surface area contributed by atoms with Crippen LogP contribution in [0.5, 0.6) is 0 Å². The minimum absolute atomic E-state index is 0.563. The summed E-state index contributed by atoms with van der Waals surface area (Å²) in [4.78, 5) is 2.30. The van der Waals surface area contributed by atoms with Crippen molar-refractivity contribution in [1.82, 2.24) is 9.78 Å². The van der Waals surface area contributed by atoms with Crippen molar-refractivity contribution >= 4 is 17.3 Å². The van der Waals surface area contributed by atoms with E-state index in [-0.39, 0.29) is 0 Å². The lowest BCUT2D eigenvalue weighted by Crippen LogP contribution is -2.30. The van der Waals surface area contributed by atoms with Crippen LogP contribution in [0.1, 0.15) is 19.4 Å². The number of rotatable bonds is 8. The van der Waals surface area contributed by atoms with Gasteiger partial charge in [0.1, 0.15) is 6.54 Å². The average Bonchev–Trinajstić information content (AvgIpc) is 3.15. The molecular weight excluding hydrogens is 396 g/mol. The molecule has 0 saturated heterocycles. The summed E-state index contributed by atoms with van der Waals surface area (Å²) in [6.45, 7) is 6.94. The maximum absolute atomic E-state index is 4.78. The molecule has 0 radical (unpaired) electrons. The molecule has 0 aliphatic carbocycles. The van der Waals surface area contributed by atoms with E-state index in [2.05, 4.69) is 65.4 Å². The Morgan fingerprint density at radius 2 is 1.44 bits per heavy atom. The van der Waals surface area contributed by atoms with Crippen LogP contribution in [0.15, 0.2) is 95.2 Å². The average molecular weight is 426 g/mol. The fraction of sp³-hybridized carbons (Fsp3) is 0.231. The Kier molecular flexibility index (Phi) is 6.70. The second-order valence-electron chi connectivity index (χ2n) is 7.58. The zero-order chi connectivity index (χ0) is 22.3. The Morgan fingerprint density at radius 1 is 0.812 bits per heavy atom. The monoisotopic (exact) mass is 425 g/mol. The van der Waals surface area contributed by atoms with Crippen molar-refractivity contribution in [2.45, 2.75) is 20.4 Å². The number of nitrogens with zero attached hydrogens (tertiary/aromatic N) is 6. The number of anilines is 1. The largest absolute Gasteiger partial charge is 0.435 e. The van der Waals surface area contributed by atoms with Crippen molar-refractivity contribution in [3.8, 4) is 11.4 Å². The molecule has 1 aromatic heterocycles. The molecular formula is C26H29N6+. The Hall–Kier alpha value is -3.80. The Balaban J connectivity index is 1.65. The molecule has 0 fully saturated rings. The molecule has 32 heavy (non-hydrogen) atoms. The lowest BCUT2D eigenvalue weighted by atomic mass is 10.2. The second kappa shape index (κ2) is 10.0. The molecule has 0 spiro atoms. The topological polar surface area (TPSA) is 49.7 Å². The molecule has 6 nitrogen and oxygen atoms in total. The standard InChI is InChI=1S/C26H29N6/c1-4-31(5-2)24-18-16-23(17-19-24)27-28-26-29-32(20-21-12-8-6-9-13-21)25(30(26)3)22-14-10-7-11-15-22/h6-19H,4-5,20H2,1-3H3/q+1. The van der Waals surface area contributed by atoms with Crippen molar-refractivity contribution in [1.29, 1.82) is 0 Å². The Morgan fingerprint density at radius 3 is 2.06 bits per heavy atom. The highest BCUT2D eigenvalue weighted by Gasteiger charge is 2.24. The van der Waals surface area contributed by atoms with Crippen LogP contribution in [0, 0.1) is 0 Å². The van der Waals surface area contributed by atoms with E-state index in [1.165, 1.54) is 11.3 Å². The van der Waals surface area contributed by atoms with Gasteiger partial charge in [-0.2, -0.15) is 0 Å². The SMILES string of the molecule is CCN(CC)c1ccc(N=Nc2nn(Cc3ccccc3)c(-c3ccccc3)[n+]2C)cc1. The molecule has 0 amide bonds. The van der Waals surface area contributed by atoms with Gasteiger partial charge in [-0.05, 0) is 55.8 Å². The molecule has 1 heterocycles. The van der Waals surface area contributed by atoms with Gasteiger partial charge in [-0.1, -0.05) is 53.6 Å². The van der Waals surface area contributed by atoms with Crippen molar-refractivity contribution in [3.05, 3.63) is 90.5 Å². The van der Waals surface area contributed by atoms with Crippen LogP contribution in [0.2, 0.25) is 0 Å². The highest BCUT2D eigenvalue weighted by atomic mass is 15.4. The van der Waals surface area contributed by atoms with E-state index < -0.39 is 0 Å². The molecule has 0 aliphatic rings. The van der Waals surface area contributed by atoms with Crippen molar-refractivity contribution in [2.75, 3.05) is 18.0 Å². The van der Waals surface area contributed by atoms with Crippen molar-refractivity contribution in [2.24, 2.45) is 17.3 Å². The van der Waals surface area contributed by atoms with Crippen LogP contribution >= 0.6 is 0 Å². The highest BCUT2D eigenvalue weighted by molar-refractivity contribution is 5.53. The first-order valence-corrected chi connectivity index (χ1v) is 11.0. The van der Waals surface area contributed by atoms with Gasteiger partial charge in [-0.25, -0.2) is 4.57 Å². The van der Waals surface area contributed by atoms with Gasteiger partial charge in [0.05, 0.1) is 12.7 Å². The van der Waals surface area contributed by atoms with Gasteiger partial charge in [0, 0.05) is 34.6 Å². The number of aromatic nitrogens is 3. The van der Waals surface area contributed by atoms with Gasteiger partial charge in [-0.15, -0.1) is 4.68 Å². The Labute approximate surface area is 189 Å². The van der Waals surface area contributed by atoms with E-state index in [9.17, 15) is 0 Å². The summed E-state index contributed by atoms with van der Waals surface area (Å²) in [5, 5.41) is 13.7. The third-order valence-corrected chi connectivity index (χ3v) is 5.51. The van der Waals surface area contributed by atoms with Crippen LogP contribution in [0.4, 0.5) is 17.3 Å². The summed E-state index contributed by atoms with van der Waals surface area (Å²) < 4.78 is 3.98. The van der Waals surface area contributed by atoms with Crippen LogP contribution in [-0.2, 0) is 13.6 Å². The minimum atomic E-state index is 0.563. The molecule has 4 rings (SSSR count). The second-order valence-corrected chi connectivity index (χ2v) is 7.58. The molecule has 4 aromatic rings. The molecule has 0 aliphatic heterocycles. The van der Waals surface area contributed by atoms with E-state index in [1.807, 2.05) is 64.8 Å². The summed E-state index contributed by atoms with van der Waals surface area (Å²) in [6, 6.07) is 28.8. The third-order valence-electron chi connectivity index (χ3n) is 5.51. The lowest BCUT2D eigenvalue weighted by Gasteiger charge is -2.20. The molecule has 0 bridgehead atoms. The Bertz CT molecular complexity index is 1160. The molecule has 0 saturated carbocycles. The van der Waals surface area contributed by atoms with E-state index in [0.29, 0.717) is 12.5 Å². The van der Waals surface area contributed by atoms with Gasteiger partial charge in [0.15, 0.2) is 0 Å². The first-order chi connectivity index (χ1) is 15.7. The summed E-state index contributed by atoms with van der Waals surface area (Å²) in [5.41, 5.74) is 4.27. The van der Waals surface area contributed by atoms with E-state index in [1.54, 1.807) is 0 Å². The molecule has 3 aromatic carbocycles.